The second-order valence-electron chi connectivity index (χ2n) is 7.01. The Labute approximate surface area is 155 Å². The van der Waals surface area contributed by atoms with Gasteiger partial charge >= 0.3 is 0 Å². The van der Waals surface area contributed by atoms with Crippen LogP contribution in [-0.2, 0) is 18.3 Å². The van der Waals surface area contributed by atoms with Gasteiger partial charge in [0.1, 0.15) is 0 Å². The van der Waals surface area contributed by atoms with E-state index in [1.807, 2.05) is 19.4 Å². The van der Waals surface area contributed by atoms with Gasteiger partial charge in [-0.1, -0.05) is 24.3 Å². The Hall–Kier alpha value is -2.34. The smallest absolute Gasteiger partial charge is 0.216 e. The number of piperazine rings is 1. The molecule has 6 heteroatoms. The van der Waals surface area contributed by atoms with Crippen molar-refractivity contribution in [2.45, 2.75) is 26.3 Å². The highest BCUT2D eigenvalue weighted by Gasteiger charge is 2.23. The molecule has 1 aromatic carbocycles. The lowest BCUT2D eigenvalue weighted by atomic mass is 10.0. The van der Waals surface area contributed by atoms with Crippen LogP contribution in [0.15, 0.2) is 36.7 Å². The predicted molar refractivity (Wildman–Crippen MR) is 104 cm³/mol. The van der Waals surface area contributed by atoms with E-state index in [0.717, 1.165) is 38.5 Å². The molecule has 1 N–H and O–H groups in total. The van der Waals surface area contributed by atoms with E-state index in [1.165, 1.54) is 11.1 Å². The van der Waals surface area contributed by atoms with E-state index in [-0.39, 0.29) is 5.91 Å². The molecule has 1 aliphatic heterocycles. The van der Waals surface area contributed by atoms with Gasteiger partial charge in [-0.25, -0.2) is 4.98 Å². The minimum absolute atomic E-state index is 0.0277. The second kappa shape index (κ2) is 8.36. The van der Waals surface area contributed by atoms with Crippen molar-refractivity contribution in [3.63, 3.8) is 0 Å². The second-order valence-corrected chi connectivity index (χ2v) is 7.01. The summed E-state index contributed by atoms with van der Waals surface area (Å²) in [4.78, 5) is 20.3. The largest absolute Gasteiger partial charge is 0.356 e. The standard InChI is InChI=1S/C20H29N5O/c1-16(19-6-4-18(5-7-19)8-9-21-17(2)26)24-12-14-25(15-13-24)20-22-10-11-23(20)3/h4-7,10-11,16H,8-9,12-15H2,1-3H3,(H,21,26). The monoisotopic (exact) mass is 355 g/mol. The Morgan fingerprint density at radius 3 is 2.46 bits per heavy atom. The summed E-state index contributed by atoms with van der Waals surface area (Å²) in [6.07, 6.45) is 4.73. The number of aromatic nitrogens is 2. The molecule has 0 spiro atoms. The highest BCUT2D eigenvalue weighted by Crippen LogP contribution is 2.23. The first kappa shape index (κ1) is 18.5. The van der Waals surface area contributed by atoms with Crippen molar-refractivity contribution >= 4 is 11.9 Å². The molecule has 26 heavy (non-hydrogen) atoms. The lowest BCUT2D eigenvalue weighted by molar-refractivity contribution is -0.118. The van der Waals surface area contributed by atoms with Gasteiger partial charge < -0.3 is 14.8 Å². The zero-order valence-corrected chi connectivity index (χ0v) is 16.0. The van der Waals surface area contributed by atoms with Gasteiger partial charge in [0.2, 0.25) is 11.9 Å². The van der Waals surface area contributed by atoms with E-state index in [0.29, 0.717) is 12.6 Å². The number of amides is 1. The predicted octanol–water partition coefficient (Wildman–Crippen LogP) is 1.98. The first-order valence-electron chi connectivity index (χ1n) is 9.34. The Bertz CT molecular complexity index is 716. The maximum absolute atomic E-state index is 10.9. The number of imidazole rings is 1. The van der Waals surface area contributed by atoms with Crippen LogP contribution in [0.2, 0.25) is 0 Å². The minimum atomic E-state index is 0.0277. The summed E-state index contributed by atoms with van der Waals surface area (Å²) in [5, 5.41) is 2.84. The number of anilines is 1. The molecule has 3 rings (SSSR count). The first-order chi connectivity index (χ1) is 12.5. The summed E-state index contributed by atoms with van der Waals surface area (Å²) in [7, 11) is 2.05. The zero-order valence-electron chi connectivity index (χ0n) is 16.0. The molecule has 2 heterocycles. The molecule has 1 saturated heterocycles. The summed E-state index contributed by atoms with van der Waals surface area (Å²) in [5.74, 6) is 1.08. The number of nitrogens with zero attached hydrogens (tertiary/aromatic N) is 4. The Morgan fingerprint density at radius 2 is 1.88 bits per heavy atom. The molecule has 1 unspecified atom stereocenters. The minimum Gasteiger partial charge on any atom is -0.356 e. The summed E-state index contributed by atoms with van der Waals surface area (Å²) in [5.41, 5.74) is 2.60. The molecule has 140 valence electrons. The number of hydrogen-bond donors (Lipinski definition) is 1. The molecule has 1 aromatic heterocycles. The first-order valence-corrected chi connectivity index (χ1v) is 9.34. The molecule has 6 nitrogen and oxygen atoms in total. The van der Waals surface area contributed by atoms with Crippen molar-refractivity contribution in [3.8, 4) is 0 Å². The third-order valence-electron chi connectivity index (χ3n) is 5.19. The lowest BCUT2D eigenvalue weighted by Gasteiger charge is -2.38. The van der Waals surface area contributed by atoms with Crippen molar-refractivity contribution in [2.75, 3.05) is 37.6 Å². The van der Waals surface area contributed by atoms with Crippen molar-refractivity contribution < 1.29 is 4.79 Å². The fourth-order valence-electron chi connectivity index (χ4n) is 3.53. The number of hydrogen-bond acceptors (Lipinski definition) is 4. The number of carbonyl (C=O) groups is 1. The zero-order chi connectivity index (χ0) is 18.5. The Balaban J connectivity index is 1.52. The Kier molecular flexibility index (Phi) is 5.93. The van der Waals surface area contributed by atoms with Crippen LogP contribution in [0.1, 0.15) is 31.0 Å². The molecule has 0 saturated carbocycles. The van der Waals surface area contributed by atoms with Crippen LogP contribution in [0, 0.1) is 0 Å². The third-order valence-corrected chi connectivity index (χ3v) is 5.19. The van der Waals surface area contributed by atoms with E-state index < -0.39 is 0 Å². The van der Waals surface area contributed by atoms with Crippen molar-refractivity contribution in [2.24, 2.45) is 7.05 Å². The van der Waals surface area contributed by atoms with Crippen LogP contribution < -0.4 is 10.2 Å². The normalized spacial score (nSPS) is 16.5. The van der Waals surface area contributed by atoms with Gasteiger partial charge in [-0.2, -0.15) is 0 Å². The van der Waals surface area contributed by atoms with E-state index in [4.69, 9.17) is 0 Å². The maximum atomic E-state index is 10.9. The molecule has 1 fully saturated rings. The van der Waals surface area contributed by atoms with Crippen LogP contribution >= 0.6 is 0 Å². The number of aryl methyl sites for hydroxylation is 1. The number of carbonyl (C=O) groups excluding carboxylic acids is 1. The molecular formula is C20H29N5O. The molecule has 2 aromatic rings. The topological polar surface area (TPSA) is 53.4 Å². The molecule has 0 bridgehead atoms. The van der Waals surface area contributed by atoms with E-state index in [9.17, 15) is 4.79 Å². The molecule has 0 radical (unpaired) electrons. The van der Waals surface area contributed by atoms with Crippen molar-refractivity contribution in [1.29, 1.82) is 0 Å². The van der Waals surface area contributed by atoms with E-state index >= 15 is 0 Å². The average molecular weight is 355 g/mol. The van der Waals surface area contributed by atoms with Crippen LogP contribution in [0.3, 0.4) is 0 Å². The van der Waals surface area contributed by atoms with E-state index in [2.05, 4.69) is 55.9 Å². The van der Waals surface area contributed by atoms with Gasteiger partial charge in [-0.05, 0) is 24.5 Å². The fraction of sp³-hybridized carbons (Fsp3) is 0.500. The summed E-state index contributed by atoms with van der Waals surface area (Å²) in [6.45, 7) is 8.62. The maximum Gasteiger partial charge on any atom is 0.216 e. The van der Waals surface area contributed by atoms with Crippen LogP contribution in [-0.4, -0.2) is 53.1 Å². The van der Waals surface area contributed by atoms with Gasteiger partial charge in [0.15, 0.2) is 0 Å². The van der Waals surface area contributed by atoms with Gasteiger partial charge in [0.05, 0.1) is 0 Å². The van der Waals surface area contributed by atoms with Crippen LogP contribution in [0.25, 0.3) is 0 Å². The molecular weight excluding hydrogens is 326 g/mol. The average Bonchev–Trinajstić information content (AvgIpc) is 3.07. The van der Waals surface area contributed by atoms with E-state index in [1.54, 1.807) is 6.92 Å². The summed E-state index contributed by atoms with van der Waals surface area (Å²) < 4.78 is 2.08. The van der Waals surface area contributed by atoms with Gasteiger partial charge in [-0.3, -0.25) is 9.69 Å². The third kappa shape index (κ3) is 4.43. The molecule has 0 aliphatic carbocycles. The van der Waals surface area contributed by atoms with Gasteiger partial charge in [0.25, 0.3) is 0 Å². The Morgan fingerprint density at radius 1 is 1.19 bits per heavy atom. The van der Waals surface area contributed by atoms with Crippen molar-refractivity contribution in [3.05, 3.63) is 47.8 Å². The van der Waals surface area contributed by atoms with Gasteiger partial charge in [-0.15, -0.1) is 0 Å². The molecule has 1 amide bonds. The van der Waals surface area contributed by atoms with Gasteiger partial charge in [0, 0.05) is 65.1 Å². The summed E-state index contributed by atoms with van der Waals surface area (Å²) >= 11 is 0. The molecule has 1 atom stereocenters. The number of benzene rings is 1. The quantitative estimate of drug-likeness (QED) is 0.861. The highest BCUT2D eigenvalue weighted by atomic mass is 16.1. The van der Waals surface area contributed by atoms with Crippen LogP contribution in [0.4, 0.5) is 5.95 Å². The van der Waals surface area contributed by atoms with Crippen LogP contribution in [0.5, 0.6) is 0 Å². The van der Waals surface area contributed by atoms with Crippen molar-refractivity contribution in [1.82, 2.24) is 19.8 Å². The summed E-state index contributed by atoms with van der Waals surface area (Å²) in [6, 6.07) is 9.20. The fourth-order valence-corrected chi connectivity index (χ4v) is 3.53. The highest BCUT2D eigenvalue weighted by molar-refractivity contribution is 5.72. The SMILES string of the molecule is CC(=O)NCCc1ccc(C(C)N2CCN(c3nccn3C)CC2)cc1. The molecule has 1 aliphatic rings. The number of rotatable bonds is 6. The number of nitrogens with one attached hydrogen (secondary N) is 1. The lowest BCUT2D eigenvalue weighted by Crippen LogP contribution is -2.47.